The molecular weight excluding hydrogens is 240 g/mol. The van der Waals surface area contributed by atoms with E-state index in [9.17, 15) is 4.79 Å². The third kappa shape index (κ3) is 4.73. The predicted molar refractivity (Wildman–Crippen MR) is 78.2 cm³/mol. The van der Waals surface area contributed by atoms with Crippen molar-refractivity contribution in [3.63, 3.8) is 0 Å². The Morgan fingerprint density at radius 2 is 2.00 bits per heavy atom. The molecule has 0 saturated heterocycles. The third-order valence-electron chi connectivity index (χ3n) is 2.58. The predicted octanol–water partition coefficient (Wildman–Crippen LogP) is 4.12. The molecule has 2 N–H and O–H groups in total. The summed E-state index contributed by atoms with van der Waals surface area (Å²) >= 11 is 0. The minimum atomic E-state index is -0.522. The highest BCUT2D eigenvalue weighted by Gasteiger charge is 2.17. The van der Waals surface area contributed by atoms with Crippen LogP contribution in [0.5, 0.6) is 0 Å². The molecule has 104 valence electrons. The van der Waals surface area contributed by atoms with E-state index in [1.54, 1.807) is 0 Å². The van der Waals surface area contributed by atoms with Crippen LogP contribution in [-0.2, 0) is 4.74 Å². The van der Waals surface area contributed by atoms with Crippen LogP contribution in [0.15, 0.2) is 18.2 Å². The van der Waals surface area contributed by atoms with Crippen LogP contribution in [0, 0.1) is 12.3 Å². The Labute approximate surface area is 114 Å². The lowest BCUT2D eigenvalue weighted by Gasteiger charge is -2.20. The van der Waals surface area contributed by atoms with Crippen LogP contribution < -0.4 is 5.32 Å². The zero-order chi connectivity index (χ0) is 14.6. The first-order valence-electron chi connectivity index (χ1n) is 6.41. The Morgan fingerprint density at radius 1 is 1.37 bits per heavy atom. The lowest BCUT2D eigenvalue weighted by Crippen LogP contribution is -2.27. The number of ether oxygens (including phenoxy) is 1. The van der Waals surface area contributed by atoms with E-state index in [4.69, 9.17) is 10.1 Å². The van der Waals surface area contributed by atoms with Gasteiger partial charge in [-0.2, -0.15) is 0 Å². The zero-order valence-electron chi connectivity index (χ0n) is 12.3. The van der Waals surface area contributed by atoms with E-state index < -0.39 is 11.7 Å². The minimum Gasteiger partial charge on any atom is -0.444 e. The number of aryl methyl sites for hydroxylation is 1. The summed E-state index contributed by atoms with van der Waals surface area (Å²) in [5.41, 5.74) is 2.47. The fraction of sp³-hybridized carbons (Fsp3) is 0.467. The molecule has 0 fully saturated rings. The highest BCUT2D eigenvalue weighted by molar-refractivity contribution is 5.99. The van der Waals surface area contributed by atoms with Gasteiger partial charge in [0.15, 0.2) is 0 Å². The van der Waals surface area contributed by atoms with Gasteiger partial charge < -0.3 is 10.1 Å². The van der Waals surface area contributed by atoms with Gasteiger partial charge in [0.1, 0.15) is 5.60 Å². The summed E-state index contributed by atoms with van der Waals surface area (Å²) in [4.78, 5) is 11.7. The number of benzene rings is 1. The average molecular weight is 262 g/mol. The molecule has 0 aliphatic rings. The molecule has 1 aromatic rings. The summed E-state index contributed by atoms with van der Waals surface area (Å²) in [6.45, 7) is 9.31. The Bertz CT molecular complexity index is 487. The van der Waals surface area contributed by atoms with Crippen molar-refractivity contribution in [1.82, 2.24) is 0 Å². The van der Waals surface area contributed by atoms with Crippen molar-refractivity contribution in [1.29, 1.82) is 5.41 Å². The highest BCUT2D eigenvalue weighted by Crippen LogP contribution is 2.19. The van der Waals surface area contributed by atoms with Gasteiger partial charge in [-0.3, -0.25) is 5.32 Å². The Balaban J connectivity index is 2.88. The van der Waals surface area contributed by atoms with Crippen molar-refractivity contribution in [2.75, 3.05) is 5.32 Å². The molecule has 0 spiro atoms. The molecule has 0 radical (unpaired) electrons. The van der Waals surface area contributed by atoms with Crippen molar-refractivity contribution >= 4 is 17.5 Å². The molecule has 1 aromatic carbocycles. The van der Waals surface area contributed by atoms with E-state index in [0.29, 0.717) is 17.8 Å². The molecule has 0 heterocycles. The van der Waals surface area contributed by atoms with Crippen molar-refractivity contribution in [2.45, 2.75) is 46.6 Å². The third-order valence-corrected chi connectivity index (χ3v) is 2.58. The first-order chi connectivity index (χ1) is 8.73. The number of anilines is 1. The molecule has 4 heteroatoms. The number of hydrogen-bond acceptors (Lipinski definition) is 3. The maximum absolute atomic E-state index is 11.7. The number of amides is 1. The molecule has 0 aliphatic carbocycles. The maximum Gasteiger partial charge on any atom is 0.412 e. The van der Waals surface area contributed by atoms with E-state index in [-0.39, 0.29) is 0 Å². The second-order valence-electron chi connectivity index (χ2n) is 5.49. The van der Waals surface area contributed by atoms with Gasteiger partial charge in [-0.25, -0.2) is 4.79 Å². The molecule has 4 nitrogen and oxygen atoms in total. The quantitative estimate of drug-likeness (QED) is 0.805. The van der Waals surface area contributed by atoms with Crippen LogP contribution in [0.1, 0.15) is 45.2 Å². The van der Waals surface area contributed by atoms with Crippen molar-refractivity contribution < 1.29 is 9.53 Å². The number of hydrogen-bond donors (Lipinski definition) is 2. The summed E-state index contributed by atoms with van der Waals surface area (Å²) in [5, 5.41) is 10.6. The molecule has 0 unspecified atom stereocenters. The first-order valence-corrected chi connectivity index (χ1v) is 6.41. The van der Waals surface area contributed by atoms with E-state index in [1.165, 1.54) is 0 Å². The topological polar surface area (TPSA) is 62.2 Å². The molecule has 1 rings (SSSR count). The van der Waals surface area contributed by atoms with Crippen LogP contribution in [0.3, 0.4) is 0 Å². The van der Waals surface area contributed by atoms with Gasteiger partial charge in [-0.15, -0.1) is 0 Å². The van der Waals surface area contributed by atoms with E-state index in [0.717, 1.165) is 11.1 Å². The van der Waals surface area contributed by atoms with Gasteiger partial charge in [0, 0.05) is 11.4 Å². The van der Waals surface area contributed by atoms with Gasteiger partial charge in [0.25, 0.3) is 0 Å². The molecular formula is C15H22N2O2. The summed E-state index contributed by atoms with van der Waals surface area (Å²) in [7, 11) is 0. The monoisotopic (exact) mass is 262 g/mol. The van der Waals surface area contributed by atoms with Crippen molar-refractivity contribution in [3.05, 3.63) is 29.3 Å². The fourth-order valence-electron chi connectivity index (χ4n) is 1.56. The number of rotatable bonds is 3. The Hall–Kier alpha value is -1.84. The second-order valence-corrected chi connectivity index (χ2v) is 5.49. The van der Waals surface area contributed by atoms with Gasteiger partial charge >= 0.3 is 6.09 Å². The number of nitrogens with one attached hydrogen (secondary N) is 2. The standard InChI is InChI=1S/C15H22N2O2/c1-6-12(16)11-8-7-10(2)13(9-11)17-14(18)19-15(3,4)5/h7-9,16H,6H2,1-5H3,(H,17,18). The fourth-order valence-corrected chi connectivity index (χ4v) is 1.56. The van der Waals surface area contributed by atoms with Gasteiger partial charge in [0.2, 0.25) is 0 Å². The van der Waals surface area contributed by atoms with Crippen molar-refractivity contribution in [2.24, 2.45) is 0 Å². The van der Waals surface area contributed by atoms with Crippen LogP contribution in [0.4, 0.5) is 10.5 Å². The molecule has 0 aliphatic heterocycles. The average Bonchev–Trinajstić information content (AvgIpc) is 2.28. The van der Waals surface area contributed by atoms with Crippen LogP contribution in [0.25, 0.3) is 0 Å². The Kier molecular flexibility index (Phi) is 4.70. The van der Waals surface area contributed by atoms with E-state index >= 15 is 0 Å². The van der Waals surface area contributed by atoms with Crippen LogP contribution in [0.2, 0.25) is 0 Å². The van der Waals surface area contributed by atoms with Gasteiger partial charge in [-0.05, 0) is 51.3 Å². The molecule has 0 aromatic heterocycles. The smallest absolute Gasteiger partial charge is 0.412 e. The summed E-state index contributed by atoms with van der Waals surface area (Å²) in [6.07, 6.45) is 0.186. The highest BCUT2D eigenvalue weighted by atomic mass is 16.6. The second kappa shape index (κ2) is 5.87. The summed E-state index contributed by atoms with van der Waals surface area (Å²) < 4.78 is 5.22. The molecule has 0 saturated carbocycles. The van der Waals surface area contributed by atoms with Gasteiger partial charge in [-0.1, -0.05) is 19.1 Å². The lowest BCUT2D eigenvalue weighted by molar-refractivity contribution is 0.0636. The molecule has 0 atom stereocenters. The van der Waals surface area contributed by atoms with E-state index in [2.05, 4.69) is 5.32 Å². The molecule has 1 amide bonds. The van der Waals surface area contributed by atoms with Crippen molar-refractivity contribution in [3.8, 4) is 0 Å². The number of carbonyl (C=O) groups is 1. The van der Waals surface area contributed by atoms with Crippen LogP contribution in [-0.4, -0.2) is 17.4 Å². The Morgan fingerprint density at radius 3 is 2.53 bits per heavy atom. The normalized spacial score (nSPS) is 11.0. The summed E-state index contributed by atoms with van der Waals surface area (Å²) in [5.74, 6) is 0. The van der Waals surface area contributed by atoms with E-state index in [1.807, 2.05) is 52.8 Å². The SMILES string of the molecule is CCC(=N)c1ccc(C)c(NC(=O)OC(C)(C)C)c1. The van der Waals surface area contributed by atoms with Gasteiger partial charge in [0.05, 0.1) is 0 Å². The minimum absolute atomic E-state index is 0.476. The number of carbonyl (C=O) groups excluding carboxylic acids is 1. The zero-order valence-corrected chi connectivity index (χ0v) is 12.3. The largest absolute Gasteiger partial charge is 0.444 e. The lowest BCUT2D eigenvalue weighted by atomic mass is 10.0. The maximum atomic E-state index is 11.7. The molecule has 19 heavy (non-hydrogen) atoms. The summed E-state index contributed by atoms with van der Waals surface area (Å²) in [6, 6.07) is 5.60. The van der Waals surface area contributed by atoms with Crippen LogP contribution >= 0.6 is 0 Å². The first kappa shape index (κ1) is 15.2. The molecule has 0 bridgehead atoms.